The second-order valence-electron chi connectivity index (χ2n) is 5.58. The molecular weight excluding hydrogens is 377 g/mol. The number of azide groups is 1. The molecule has 0 saturated heterocycles. The lowest BCUT2D eigenvalue weighted by Gasteiger charge is -2.15. The summed E-state index contributed by atoms with van der Waals surface area (Å²) >= 11 is 3.09. The van der Waals surface area contributed by atoms with Crippen molar-refractivity contribution in [2.75, 3.05) is 0 Å². The molecule has 1 fully saturated rings. The van der Waals surface area contributed by atoms with E-state index in [1.165, 1.54) is 0 Å². The number of Topliss-reactive ketones (excluding diaryl/α,β-unsaturated/α-hetero) is 2. The Hall–Kier alpha value is -2.50. The number of nitrogens with zero attached hydrogens (tertiary/aromatic N) is 3. The molecule has 5 nitrogen and oxygen atoms in total. The van der Waals surface area contributed by atoms with Crippen LogP contribution in [-0.2, 0) is 0 Å². The first-order valence-corrected chi connectivity index (χ1v) is 7.98. The van der Waals surface area contributed by atoms with Gasteiger partial charge < -0.3 is 0 Å². The number of halogens is 2. The van der Waals surface area contributed by atoms with E-state index in [1.54, 1.807) is 30.3 Å². The minimum Gasteiger partial charge on any atom is -0.293 e. The molecule has 0 N–H and O–H groups in total. The van der Waals surface area contributed by atoms with Crippen LogP contribution in [0.2, 0.25) is 0 Å². The monoisotopic (exact) mass is 387 g/mol. The van der Waals surface area contributed by atoms with Crippen molar-refractivity contribution >= 4 is 33.2 Å². The highest BCUT2D eigenvalue weighted by molar-refractivity contribution is 9.10. The molecule has 1 saturated carbocycles. The quantitative estimate of drug-likeness (QED) is 0.227. The summed E-state index contributed by atoms with van der Waals surface area (Å²) in [6.45, 7) is 0. The molecule has 0 bridgehead atoms. The van der Waals surface area contributed by atoms with Crippen molar-refractivity contribution in [1.29, 1.82) is 0 Å². The second kappa shape index (κ2) is 6.19. The zero-order valence-corrected chi connectivity index (χ0v) is 14.0. The van der Waals surface area contributed by atoms with E-state index in [1.807, 2.05) is 0 Å². The van der Waals surface area contributed by atoms with Crippen molar-refractivity contribution in [3.05, 3.63) is 74.3 Å². The lowest BCUT2D eigenvalue weighted by Crippen LogP contribution is -2.26. The van der Waals surface area contributed by atoms with Crippen LogP contribution in [0.1, 0.15) is 33.6 Å². The van der Waals surface area contributed by atoms with Crippen LogP contribution < -0.4 is 0 Å². The van der Waals surface area contributed by atoms with Crippen LogP contribution in [0.25, 0.3) is 10.4 Å². The van der Waals surface area contributed by atoms with Crippen LogP contribution >= 0.6 is 15.9 Å². The summed E-state index contributed by atoms with van der Waals surface area (Å²) in [6, 6.07) is 10.6. The standard InChI is InChI=1S/C17H11BrFN3O2/c18-13-9-11(19)8-12(14(13)21-22-20)16(24)17(6-7-17)15(23)10-4-2-1-3-5-10/h1-5,8-9H,6-7H2. The average molecular weight is 388 g/mol. The van der Waals surface area contributed by atoms with Gasteiger partial charge in [-0.2, -0.15) is 0 Å². The third-order valence-electron chi connectivity index (χ3n) is 4.07. The molecule has 24 heavy (non-hydrogen) atoms. The largest absolute Gasteiger partial charge is 0.293 e. The maximum Gasteiger partial charge on any atom is 0.177 e. The topological polar surface area (TPSA) is 82.9 Å². The molecule has 1 aliphatic carbocycles. The Balaban J connectivity index is 2.07. The van der Waals surface area contributed by atoms with Crippen molar-refractivity contribution in [1.82, 2.24) is 0 Å². The number of rotatable bonds is 5. The van der Waals surface area contributed by atoms with Crippen LogP contribution in [0, 0.1) is 11.2 Å². The normalized spacial score (nSPS) is 14.6. The SMILES string of the molecule is [N-]=[N+]=Nc1c(Br)cc(F)cc1C(=O)C1(C(=O)c2ccccc2)CC1. The second-order valence-corrected chi connectivity index (χ2v) is 6.43. The smallest absolute Gasteiger partial charge is 0.177 e. The van der Waals surface area contributed by atoms with Crippen LogP contribution in [0.4, 0.5) is 10.1 Å². The van der Waals surface area contributed by atoms with Crippen molar-refractivity contribution in [3.8, 4) is 0 Å². The van der Waals surface area contributed by atoms with Crippen molar-refractivity contribution in [3.63, 3.8) is 0 Å². The number of carbonyl (C=O) groups excluding carboxylic acids is 2. The first-order chi connectivity index (χ1) is 11.5. The lowest BCUT2D eigenvalue weighted by atomic mass is 9.86. The summed E-state index contributed by atoms with van der Waals surface area (Å²) in [5.74, 6) is -1.45. The predicted molar refractivity (Wildman–Crippen MR) is 89.7 cm³/mol. The molecule has 0 spiro atoms. The molecular formula is C17H11BrFN3O2. The van der Waals surface area contributed by atoms with Crippen LogP contribution in [0.3, 0.4) is 0 Å². The molecule has 0 amide bonds. The van der Waals surface area contributed by atoms with Gasteiger partial charge in [-0.3, -0.25) is 9.59 Å². The molecule has 2 aromatic carbocycles. The minimum absolute atomic E-state index is 0.00367. The van der Waals surface area contributed by atoms with Crippen LogP contribution in [0.15, 0.2) is 52.1 Å². The van der Waals surface area contributed by atoms with Gasteiger partial charge in [0, 0.05) is 20.5 Å². The van der Waals surface area contributed by atoms with Gasteiger partial charge in [0.05, 0.1) is 11.1 Å². The first-order valence-electron chi connectivity index (χ1n) is 7.18. The number of ketones is 2. The Morgan fingerprint density at radius 1 is 1.17 bits per heavy atom. The van der Waals surface area contributed by atoms with E-state index in [0.717, 1.165) is 12.1 Å². The molecule has 0 radical (unpaired) electrons. The maximum atomic E-state index is 13.7. The Bertz CT molecular complexity index is 888. The molecule has 2 aromatic rings. The van der Waals surface area contributed by atoms with Gasteiger partial charge in [-0.15, -0.1) is 0 Å². The van der Waals surface area contributed by atoms with E-state index in [4.69, 9.17) is 5.53 Å². The third kappa shape index (κ3) is 2.72. The summed E-state index contributed by atoms with van der Waals surface area (Å²) in [6.07, 6.45) is 0.785. The Morgan fingerprint density at radius 2 is 1.83 bits per heavy atom. The van der Waals surface area contributed by atoms with Crippen molar-refractivity contribution < 1.29 is 14.0 Å². The molecule has 0 heterocycles. The fourth-order valence-electron chi connectivity index (χ4n) is 2.69. The van der Waals surface area contributed by atoms with Gasteiger partial charge >= 0.3 is 0 Å². The average Bonchev–Trinajstić information content (AvgIpc) is 3.38. The fraction of sp³-hybridized carbons (Fsp3) is 0.176. The molecule has 1 aliphatic rings. The van der Waals surface area contributed by atoms with Gasteiger partial charge in [-0.05, 0) is 30.5 Å². The molecule has 0 atom stereocenters. The Labute approximate surface area is 145 Å². The first kappa shape index (κ1) is 16.4. The maximum absolute atomic E-state index is 13.7. The lowest BCUT2D eigenvalue weighted by molar-refractivity contribution is 0.0783. The van der Waals surface area contributed by atoms with Gasteiger partial charge in [0.15, 0.2) is 11.6 Å². The van der Waals surface area contributed by atoms with E-state index in [9.17, 15) is 14.0 Å². The molecule has 0 aliphatic heterocycles. The zero-order valence-electron chi connectivity index (χ0n) is 12.4. The number of carbonyl (C=O) groups is 2. The van der Waals surface area contributed by atoms with Crippen LogP contribution in [-0.4, -0.2) is 11.6 Å². The van der Waals surface area contributed by atoms with E-state index >= 15 is 0 Å². The summed E-state index contributed by atoms with van der Waals surface area (Å²) in [5.41, 5.74) is 7.84. The predicted octanol–water partition coefficient (Wildman–Crippen LogP) is 5.38. The molecule has 0 unspecified atom stereocenters. The summed E-state index contributed by atoms with van der Waals surface area (Å²) < 4.78 is 13.9. The zero-order chi connectivity index (χ0) is 17.3. The van der Waals surface area contributed by atoms with Gasteiger partial charge in [0.1, 0.15) is 5.82 Å². The van der Waals surface area contributed by atoms with Crippen molar-refractivity contribution in [2.45, 2.75) is 12.8 Å². The van der Waals surface area contributed by atoms with E-state index < -0.39 is 17.0 Å². The van der Waals surface area contributed by atoms with Crippen LogP contribution in [0.5, 0.6) is 0 Å². The van der Waals surface area contributed by atoms with Gasteiger partial charge in [-0.1, -0.05) is 51.4 Å². The number of hydrogen-bond donors (Lipinski definition) is 0. The van der Waals surface area contributed by atoms with Gasteiger partial charge in [-0.25, -0.2) is 4.39 Å². The fourth-order valence-corrected chi connectivity index (χ4v) is 3.20. The van der Waals surface area contributed by atoms with Gasteiger partial charge in [0.25, 0.3) is 0 Å². The number of benzene rings is 2. The third-order valence-corrected chi connectivity index (χ3v) is 4.68. The number of hydrogen-bond acceptors (Lipinski definition) is 3. The Kier molecular flexibility index (Phi) is 4.22. The van der Waals surface area contributed by atoms with E-state index in [0.29, 0.717) is 18.4 Å². The summed E-state index contributed by atoms with van der Waals surface area (Å²) in [4.78, 5) is 28.4. The molecule has 0 aromatic heterocycles. The van der Waals surface area contributed by atoms with E-state index in [-0.39, 0.29) is 21.5 Å². The molecule has 120 valence electrons. The summed E-state index contributed by atoms with van der Waals surface area (Å²) in [5, 5.41) is 3.48. The minimum atomic E-state index is -1.20. The highest BCUT2D eigenvalue weighted by atomic mass is 79.9. The van der Waals surface area contributed by atoms with Crippen molar-refractivity contribution in [2.24, 2.45) is 10.5 Å². The summed E-state index contributed by atoms with van der Waals surface area (Å²) in [7, 11) is 0. The van der Waals surface area contributed by atoms with E-state index in [2.05, 4.69) is 26.0 Å². The van der Waals surface area contributed by atoms with Gasteiger partial charge in [0.2, 0.25) is 0 Å². The highest BCUT2D eigenvalue weighted by Crippen LogP contribution is 2.52. The highest BCUT2D eigenvalue weighted by Gasteiger charge is 2.56. The molecule has 7 heteroatoms. The molecule has 3 rings (SSSR count). The Morgan fingerprint density at radius 3 is 2.42 bits per heavy atom.